The van der Waals surface area contributed by atoms with E-state index in [1.165, 1.54) is 5.56 Å². The Kier molecular flexibility index (Phi) is 3.14. The lowest BCUT2D eigenvalue weighted by Gasteiger charge is -2.26. The highest BCUT2D eigenvalue weighted by molar-refractivity contribution is 5.14. The van der Waals surface area contributed by atoms with Crippen LogP contribution in [0.5, 0.6) is 0 Å². The van der Waals surface area contributed by atoms with Crippen LogP contribution in [0.15, 0.2) is 30.3 Å². The zero-order valence-corrected chi connectivity index (χ0v) is 10.2. The minimum Gasteiger partial charge on any atom is -0.377 e. The van der Waals surface area contributed by atoms with E-state index in [0.29, 0.717) is 18.2 Å². The van der Waals surface area contributed by atoms with Crippen LogP contribution in [0.25, 0.3) is 0 Å². The number of rotatable bonds is 2. The average Bonchev–Trinajstić information content (AvgIpc) is 2.58. The number of fused-ring (bicyclic) bond motifs is 2. The molecular weight excluding hydrogens is 214 g/mol. The molecule has 0 N–H and O–H groups in total. The van der Waals surface area contributed by atoms with Crippen molar-refractivity contribution in [3.05, 3.63) is 35.9 Å². The van der Waals surface area contributed by atoms with Gasteiger partial charge in [0.05, 0.1) is 24.9 Å². The van der Waals surface area contributed by atoms with Crippen molar-refractivity contribution in [1.29, 1.82) is 0 Å². The topological polar surface area (TPSA) is 21.7 Å². The molecule has 2 aliphatic rings. The first kappa shape index (κ1) is 11.2. The van der Waals surface area contributed by atoms with Crippen molar-refractivity contribution in [3.8, 4) is 0 Å². The standard InChI is InChI=1S/C14H19NO2/c1-11-7-14-8-13(10-16-11)15(17-14)9-12-5-3-2-4-6-12/h2-6,11,13-14H,7-10H2,1H3/t11-,13-,14-/m0/s1. The van der Waals surface area contributed by atoms with Gasteiger partial charge >= 0.3 is 0 Å². The van der Waals surface area contributed by atoms with Crippen molar-refractivity contribution in [3.63, 3.8) is 0 Å². The quantitative estimate of drug-likeness (QED) is 0.782. The molecule has 0 unspecified atom stereocenters. The third kappa shape index (κ3) is 2.51. The van der Waals surface area contributed by atoms with Crippen LogP contribution in [-0.2, 0) is 16.1 Å². The molecule has 2 aliphatic heterocycles. The van der Waals surface area contributed by atoms with Crippen LogP contribution < -0.4 is 0 Å². The largest absolute Gasteiger partial charge is 0.377 e. The summed E-state index contributed by atoms with van der Waals surface area (Å²) in [7, 11) is 0. The van der Waals surface area contributed by atoms with Crippen LogP contribution in [0.4, 0.5) is 0 Å². The molecule has 17 heavy (non-hydrogen) atoms. The summed E-state index contributed by atoms with van der Waals surface area (Å²) in [6, 6.07) is 10.9. The van der Waals surface area contributed by atoms with E-state index in [9.17, 15) is 0 Å². The fourth-order valence-corrected chi connectivity index (χ4v) is 2.68. The number of benzene rings is 1. The first-order chi connectivity index (χ1) is 8.31. The van der Waals surface area contributed by atoms with Crippen LogP contribution in [0.3, 0.4) is 0 Å². The van der Waals surface area contributed by atoms with E-state index in [0.717, 1.165) is 26.0 Å². The minimum atomic E-state index is 0.337. The molecule has 3 atom stereocenters. The van der Waals surface area contributed by atoms with Crippen molar-refractivity contribution >= 4 is 0 Å². The van der Waals surface area contributed by atoms with Gasteiger partial charge in [0, 0.05) is 13.0 Å². The number of ether oxygens (including phenoxy) is 1. The Hall–Kier alpha value is -0.900. The van der Waals surface area contributed by atoms with Gasteiger partial charge in [-0.2, -0.15) is 5.06 Å². The number of hydroxylamine groups is 2. The zero-order chi connectivity index (χ0) is 11.7. The summed E-state index contributed by atoms with van der Waals surface area (Å²) in [5, 5.41) is 2.10. The van der Waals surface area contributed by atoms with Gasteiger partial charge in [-0.05, 0) is 18.9 Å². The van der Waals surface area contributed by atoms with Crippen molar-refractivity contribution in [2.45, 2.75) is 44.6 Å². The second-order valence-electron chi connectivity index (χ2n) is 5.06. The molecule has 3 nitrogen and oxygen atoms in total. The molecule has 3 heteroatoms. The lowest BCUT2D eigenvalue weighted by Crippen LogP contribution is -2.34. The van der Waals surface area contributed by atoms with Gasteiger partial charge < -0.3 is 4.74 Å². The van der Waals surface area contributed by atoms with Gasteiger partial charge in [0.25, 0.3) is 0 Å². The minimum absolute atomic E-state index is 0.337. The van der Waals surface area contributed by atoms with E-state index in [1.54, 1.807) is 0 Å². The molecule has 0 radical (unpaired) electrons. The highest BCUT2D eigenvalue weighted by atomic mass is 16.7. The highest BCUT2D eigenvalue weighted by Gasteiger charge is 2.37. The molecule has 2 saturated heterocycles. The molecule has 2 bridgehead atoms. The van der Waals surface area contributed by atoms with Gasteiger partial charge in [-0.25, -0.2) is 0 Å². The number of nitrogens with zero attached hydrogens (tertiary/aromatic N) is 1. The molecular formula is C14H19NO2. The molecule has 1 aromatic carbocycles. The first-order valence-electron chi connectivity index (χ1n) is 6.40. The van der Waals surface area contributed by atoms with Crippen molar-refractivity contribution in [2.75, 3.05) is 6.61 Å². The van der Waals surface area contributed by atoms with Gasteiger partial charge in [-0.15, -0.1) is 0 Å². The van der Waals surface area contributed by atoms with E-state index in [1.807, 2.05) is 6.07 Å². The van der Waals surface area contributed by atoms with Crippen LogP contribution in [0, 0.1) is 0 Å². The van der Waals surface area contributed by atoms with Crippen LogP contribution in [-0.4, -0.2) is 29.9 Å². The van der Waals surface area contributed by atoms with Gasteiger partial charge in [0.2, 0.25) is 0 Å². The molecule has 0 saturated carbocycles. The highest BCUT2D eigenvalue weighted by Crippen LogP contribution is 2.30. The van der Waals surface area contributed by atoms with Gasteiger partial charge in [0.15, 0.2) is 0 Å². The summed E-state index contributed by atoms with van der Waals surface area (Å²) in [6.07, 6.45) is 2.81. The molecule has 2 heterocycles. The Bertz CT molecular complexity index is 368. The Balaban J connectivity index is 1.66. The molecule has 1 aromatic rings. The second kappa shape index (κ2) is 4.77. The van der Waals surface area contributed by atoms with E-state index in [4.69, 9.17) is 9.57 Å². The van der Waals surface area contributed by atoms with Crippen molar-refractivity contribution < 1.29 is 9.57 Å². The number of hydrogen-bond acceptors (Lipinski definition) is 3. The van der Waals surface area contributed by atoms with E-state index < -0.39 is 0 Å². The van der Waals surface area contributed by atoms with E-state index in [2.05, 4.69) is 36.3 Å². The second-order valence-corrected chi connectivity index (χ2v) is 5.06. The van der Waals surface area contributed by atoms with Gasteiger partial charge in [0.1, 0.15) is 0 Å². The maximum Gasteiger partial charge on any atom is 0.0834 e. The molecule has 0 aromatic heterocycles. The summed E-state index contributed by atoms with van der Waals surface area (Å²) >= 11 is 0. The zero-order valence-electron chi connectivity index (χ0n) is 10.2. The number of hydrogen-bond donors (Lipinski definition) is 0. The van der Waals surface area contributed by atoms with Gasteiger partial charge in [-0.1, -0.05) is 30.3 Å². The molecule has 0 spiro atoms. The smallest absolute Gasteiger partial charge is 0.0834 e. The molecule has 2 fully saturated rings. The lowest BCUT2D eigenvalue weighted by atomic mass is 10.1. The summed E-state index contributed by atoms with van der Waals surface area (Å²) in [5.41, 5.74) is 1.30. The fourth-order valence-electron chi connectivity index (χ4n) is 2.68. The third-order valence-electron chi connectivity index (χ3n) is 3.58. The maximum atomic E-state index is 5.99. The average molecular weight is 233 g/mol. The summed E-state index contributed by atoms with van der Waals surface area (Å²) in [6.45, 7) is 3.79. The van der Waals surface area contributed by atoms with Crippen LogP contribution in [0.2, 0.25) is 0 Å². The molecule has 3 rings (SSSR count). The summed E-state index contributed by atoms with van der Waals surface area (Å²) in [4.78, 5) is 5.99. The SMILES string of the molecule is C[C@H]1C[C@H]2C[C@@H](CO1)N(Cc1ccccc1)O2. The van der Waals surface area contributed by atoms with Crippen LogP contribution >= 0.6 is 0 Å². The Morgan fingerprint density at radius 1 is 1.24 bits per heavy atom. The monoisotopic (exact) mass is 233 g/mol. The predicted molar refractivity (Wildman–Crippen MR) is 65.3 cm³/mol. The van der Waals surface area contributed by atoms with E-state index >= 15 is 0 Å². The van der Waals surface area contributed by atoms with E-state index in [-0.39, 0.29) is 0 Å². The predicted octanol–water partition coefficient (Wildman–Crippen LogP) is 2.37. The summed E-state index contributed by atoms with van der Waals surface area (Å²) < 4.78 is 5.78. The lowest BCUT2D eigenvalue weighted by molar-refractivity contribution is -0.198. The summed E-state index contributed by atoms with van der Waals surface area (Å²) in [5.74, 6) is 0. The van der Waals surface area contributed by atoms with Gasteiger partial charge in [-0.3, -0.25) is 4.84 Å². The molecule has 0 amide bonds. The third-order valence-corrected chi connectivity index (χ3v) is 3.58. The van der Waals surface area contributed by atoms with Crippen molar-refractivity contribution in [2.24, 2.45) is 0 Å². The molecule has 92 valence electrons. The Labute approximate surface area is 102 Å². The maximum absolute atomic E-state index is 5.99. The fraction of sp³-hybridized carbons (Fsp3) is 0.571. The normalized spacial score (nSPS) is 33.6. The Morgan fingerprint density at radius 2 is 2.06 bits per heavy atom. The van der Waals surface area contributed by atoms with Crippen molar-refractivity contribution in [1.82, 2.24) is 5.06 Å². The Morgan fingerprint density at radius 3 is 2.88 bits per heavy atom. The molecule has 0 aliphatic carbocycles. The van der Waals surface area contributed by atoms with Crippen LogP contribution in [0.1, 0.15) is 25.3 Å². The first-order valence-corrected chi connectivity index (χ1v) is 6.40.